The standard InChI is InChI=1S/C11H23NO/c1-3-8-13-9-10-6-5-7-11(10)12-4-2/h10-12H,3-9H2,1-2H3. The Labute approximate surface area is 82.0 Å². The smallest absolute Gasteiger partial charge is 0.0509 e. The highest BCUT2D eigenvalue weighted by atomic mass is 16.5. The fourth-order valence-electron chi connectivity index (χ4n) is 2.15. The Morgan fingerprint density at radius 2 is 2.15 bits per heavy atom. The van der Waals surface area contributed by atoms with Crippen molar-refractivity contribution in [3.63, 3.8) is 0 Å². The second-order valence-electron chi connectivity index (χ2n) is 3.93. The highest BCUT2D eigenvalue weighted by molar-refractivity contribution is 4.82. The molecule has 2 heteroatoms. The van der Waals surface area contributed by atoms with E-state index in [1.165, 1.54) is 19.3 Å². The molecule has 0 aliphatic heterocycles. The van der Waals surface area contributed by atoms with Gasteiger partial charge in [-0.15, -0.1) is 0 Å². The Morgan fingerprint density at radius 1 is 1.31 bits per heavy atom. The largest absolute Gasteiger partial charge is 0.381 e. The molecule has 2 atom stereocenters. The summed E-state index contributed by atoms with van der Waals surface area (Å²) in [5.41, 5.74) is 0. The van der Waals surface area contributed by atoms with Crippen LogP contribution in [0.1, 0.15) is 39.5 Å². The van der Waals surface area contributed by atoms with Crippen LogP contribution in [0.5, 0.6) is 0 Å². The second-order valence-corrected chi connectivity index (χ2v) is 3.93. The van der Waals surface area contributed by atoms with Crippen molar-refractivity contribution in [1.29, 1.82) is 0 Å². The van der Waals surface area contributed by atoms with Crippen molar-refractivity contribution in [3.8, 4) is 0 Å². The summed E-state index contributed by atoms with van der Waals surface area (Å²) in [5, 5.41) is 3.54. The third-order valence-electron chi connectivity index (χ3n) is 2.81. The molecule has 2 unspecified atom stereocenters. The first-order chi connectivity index (χ1) is 6.38. The molecule has 1 rings (SSSR count). The van der Waals surface area contributed by atoms with E-state index in [1.807, 2.05) is 0 Å². The van der Waals surface area contributed by atoms with E-state index in [4.69, 9.17) is 4.74 Å². The molecule has 0 aromatic heterocycles. The van der Waals surface area contributed by atoms with E-state index in [-0.39, 0.29) is 0 Å². The molecule has 0 bridgehead atoms. The van der Waals surface area contributed by atoms with Gasteiger partial charge in [0, 0.05) is 12.6 Å². The van der Waals surface area contributed by atoms with Gasteiger partial charge in [-0.1, -0.05) is 20.3 Å². The van der Waals surface area contributed by atoms with E-state index in [2.05, 4.69) is 19.2 Å². The van der Waals surface area contributed by atoms with E-state index in [0.29, 0.717) is 0 Å². The first-order valence-electron chi connectivity index (χ1n) is 5.69. The zero-order valence-corrected chi connectivity index (χ0v) is 9.01. The molecule has 1 fully saturated rings. The van der Waals surface area contributed by atoms with Gasteiger partial charge in [0.15, 0.2) is 0 Å². The van der Waals surface area contributed by atoms with E-state index < -0.39 is 0 Å². The monoisotopic (exact) mass is 185 g/mol. The normalized spacial score (nSPS) is 28.2. The summed E-state index contributed by atoms with van der Waals surface area (Å²) in [6.07, 6.45) is 5.20. The Balaban J connectivity index is 2.15. The fourth-order valence-corrected chi connectivity index (χ4v) is 2.15. The van der Waals surface area contributed by atoms with Gasteiger partial charge in [0.2, 0.25) is 0 Å². The van der Waals surface area contributed by atoms with Crippen molar-refractivity contribution >= 4 is 0 Å². The van der Waals surface area contributed by atoms with Gasteiger partial charge in [0.1, 0.15) is 0 Å². The Hall–Kier alpha value is -0.0800. The Kier molecular flexibility index (Phi) is 5.40. The average Bonchev–Trinajstić information content (AvgIpc) is 2.54. The highest BCUT2D eigenvalue weighted by Crippen LogP contribution is 2.25. The average molecular weight is 185 g/mol. The first kappa shape index (κ1) is 11.0. The number of nitrogens with one attached hydrogen (secondary N) is 1. The van der Waals surface area contributed by atoms with E-state index in [1.54, 1.807) is 0 Å². The Bertz CT molecular complexity index is 127. The molecule has 1 aliphatic carbocycles. The van der Waals surface area contributed by atoms with Crippen LogP contribution < -0.4 is 5.32 Å². The molecule has 0 radical (unpaired) electrons. The van der Waals surface area contributed by atoms with Gasteiger partial charge < -0.3 is 10.1 Å². The first-order valence-corrected chi connectivity index (χ1v) is 5.69. The van der Waals surface area contributed by atoms with Crippen molar-refractivity contribution in [2.24, 2.45) is 5.92 Å². The van der Waals surface area contributed by atoms with Crippen molar-refractivity contribution in [2.45, 2.75) is 45.6 Å². The number of ether oxygens (including phenoxy) is 1. The summed E-state index contributed by atoms with van der Waals surface area (Å²) in [4.78, 5) is 0. The summed E-state index contributed by atoms with van der Waals surface area (Å²) in [5.74, 6) is 0.770. The molecule has 1 aliphatic rings. The van der Waals surface area contributed by atoms with Crippen LogP contribution in [0.2, 0.25) is 0 Å². The lowest BCUT2D eigenvalue weighted by Gasteiger charge is -2.19. The molecule has 0 spiro atoms. The summed E-state index contributed by atoms with van der Waals surface area (Å²) >= 11 is 0. The zero-order valence-electron chi connectivity index (χ0n) is 9.01. The van der Waals surface area contributed by atoms with Crippen molar-refractivity contribution in [1.82, 2.24) is 5.32 Å². The molecule has 1 saturated carbocycles. The lowest BCUT2D eigenvalue weighted by atomic mass is 10.1. The second kappa shape index (κ2) is 6.39. The summed E-state index contributed by atoms with van der Waals surface area (Å²) in [7, 11) is 0. The van der Waals surface area contributed by atoms with Crippen LogP contribution in [-0.2, 0) is 4.74 Å². The Morgan fingerprint density at radius 3 is 2.85 bits per heavy atom. The molecule has 1 N–H and O–H groups in total. The molecule has 0 aromatic carbocycles. The summed E-state index contributed by atoms with van der Waals surface area (Å²) in [6, 6.07) is 0.724. The maximum Gasteiger partial charge on any atom is 0.0509 e. The lowest BCUT2D eigenvalue weighted by molar-refractivity contribution is 0.0926. The fraction of sp³-hybridized carbons (Fsp3) is 1.00. The molecule has 78 valence electrons. The van der Waals surface area contributed by atoms with Crippen LogP contribution in [0.3, 0.4) is 0 Å². The van der Waals surface area contributed by atoms with E-state index >= 15 is 0 Å². The molecule has 0 saturated heterocycles. The van der Waals surface area contributed by atoms with Crippen LogP contribution in [0, 0.1) is 5.92 Å². The van der Waals surface area contributed by atoms with Crippen LogP contribution in [0.15, 0.2) is 0 Å². The maximum atomic E-state index is 5.60. The highest BCUT2D eigenvalue weighted by Gasteiger charge is 2.26. The van der Waals surface area contributed by atoms with Gasteiger partial charge in [0.05, 0.1) is 6.61 Å². The predicted molar refractivity (Wildman–Crippen MR) is 55.9 cm³/mol. The van der Waals surface area contributed by atoms with Gasteiger partial charge in [-0.05, 0) is 31.7 Å². The van der Waals surface area contributed by atoms with Gasteiger partial charge in [0.25, 0.3) is 0 Å². The lowest BCUT2D eigenvalue weighted by Crippen LogP contribution is -2.34. The summed E-state index contributed by atoms with van der Waals surface area (Å²) in [6.45, 7) is 7.33. The quantitative estimate of drug-likeness (QED) is 0.640. The van der Waals surface area contributed by atoms with Gasteiger partial charge in [-0.2, -0.15) is 0 Å². The maximum absolute atomic E-state index is 5.60. The number of hydrogen-bond donors (Lipinski definition) is 1. The van der Waals surface area contributed by atoms with Crippen LogP contribution in [-0.4, -0.2) is 25.8 Å². The predicted octanol–water partition coefficient (Wildman–Crippen LogP) is 2.19. The molecular weight excluding hydrogens is 162 g/mol. The van der Waals surface area contributed by atoms with Gasteiger partial charge in [-0.3, -0.25) is 0 Å². The minimum absolute atomic E-state index is 0.724. The van der Waals surface area contributed by atoms with E-state index in [0.717, 1.165) is 38.1 Å². The minimum Gasteiger partial charge on any atom is -0.381 e. The van der Waals surface area contributed by atoms with Crippen LogP contribution >= 0.6 is 0 Å². The SMILES string of the molecule is CCCOCC1CCCC1NCC. The molecule has 0 amide bonds. The molecule has 0 aromatic rings. The molecule has 0 heterocycles. The van der Waals surface area contributed by atoms with Crippen molar-refractivity contribution in [2.75, 3.05) is 19.8 Å². The van der Waals surface area contributed by atoms with Crippen LogP contribution in [0.25, 0.3) is 0 Å². The minimum atomic E-state index is 0.724. The number of hydrogen-bond acceptors (Lipinski definition) is 2. The van der Waals surface area contributed by atoms with E-state index in [9.17, 15) is 0 Å². The summed E-state index contributed by atoms with van der Waals surface area (Å²) < 4.78 is 5.60. The zero-order chi connectivity index (χ0) is 9.52. The molecule has 2 nitrogen and oxygen atoms in total. The molecular formula is C11H23NO. The third kappa shape index (κ3) is 3.65. The van der Waals surface area contributed by atoms with Crippen LogP contribution in [0.4, 0.5) is 0 Å². The van der Waals surface area contributed by atoms with Gasteiger partial charge in [-0.25, -0.2) is 0 Å². The third-order valence-corrected chi connectivity index (χ3v) is 2.81. The van der Waals surface area contributed by atoms with Gasteiger partial charge >= 0.3 is 0 Å². The van der Waals surface area contributed by atoms with Crippen molar-refractivity contribution < 1.29 is 4.74 Å². The molecule has 13 heavy (non-hydrogen) atoms. The topological polar surface area (TPSA) is 21.3 Å². The van der Waals surface area contributed by atoms with Crippen molar-refractivity contribution in [3.05, 3.63) is 0 Å². The number of rotatable bonds is 6.